The van der Waals surface area contributed by atoms with Gasteiger partial charge in [0.15, 0.2) is 0 Å². The van der Waals surface area contributed by atoms with Gasteiger partial charge in [0.2, 0.25) is 15.9 Å². The molecule has 3 rings (SSSR count). The van der Waals surface area contributed by atoms with Crippen molar-refractivity contribution in [3.63, 3.8) is 0 Å². The third kappa shape index (κ3) is 4.69. The maximum Gasteiger partial charge on any atom is 0.243 e. The SMILES string of the molecule is Cc1nc(CC(=O)Nc2cccc(S(=O)(=O)N3CCCCCC3)c2)cs1. The molecule has 1 saturated heterocycles. The number of benzene rings is 1. The van der Waals surface area contributed by atoms with Crippen molar-refractivity contribution >= 4 is 33.0 Å². The summed E-state index contributed by atoms with van der Waals surface area (Å²) in [6.45, 7) is 3.01. The van der Waals surface area contributed by atoms with Gasteiger partial charge in [0, 0.05) is 24.2 Å². The highest BCUT2D eigenvalue weighted by Crippen LogP contribution is 2.23. The van der Waals surface area contributed by atoms with Crippen LogP contribution >= 0.6 is 11.3 Å². The number of aryl methyl sites for hydroxylation is 1. The Morgan fingerprint density at radius 3 is 2.62 bits per heavy atom. The van der Waals surface area contributed by atoms with E-state index in [-0.39, 0.29) is 17.2 Å². The number of carbonyl (C=O) groups is 1. The molecule has 1 aliphatic heterocycles. The van der Waals surface area contributed by atoms with Crippen molar-refractivity contribution in [2.24, 2.45) is 0 Å². The summed E-state index contributed by atoms with van der Waals surface area (Å²) in [6, 6.07) is 6.48. The molecule has 8 heteroatoms. The lowest BCUT2D eigenvalue weighted by Crippen LogP contribution is -2.32. The molecule has 1 fully saturated rings. The van der Waals surface area contributed by atoms with Crippen molar-refractivity contribution in [2.45, 2.75) is 43.9 Å². The van der Waals surface area contributed by atoms with E-state index in [4.69, 9.17) is 0 Å². The molecule has 1 aromatic heterocycles. The number of amides is 1. The van der Waals surface area contributed by atoms with Crippen LogP contribution in [0.25, 0.3) is 0 Å². The van der Waals surface area contributed by atoms with E-state index < -0.39 is 10.0 Å². The number of hydrogen-bond acceptors (Lipinski definition) is 5. The molecule has 1 N–H and O–H groups in total. The number of aromatic nitrogens is 1. The van der Waals surface area contributed by atoms with Crippen LogP contribution in [0.3, 0.4) is 0 Å². The van der Waals surface area contributed by atoms with Crippen LogP contribution < -0.4 is 5.32 Å². The average Bonchev–Trinajstić information content (AvgIpc) is 2.85. The number of rotatable bonds is 5. The fourth-order valence-corrected chi connectivity index (χ4v) is 5.20. The molecular weight excluding hydrogens is 370 g/mol. The summed E-state index contributed by atoms with van der Waals surface area (Å²) >= 11 is 1.50. The van der Waals surface area contributed by atoms with Gasteiger partial charge < -0.3 is 5.32 Å². The summed E-state index contributed by atoms with van der Waals surface area (Å²) in [4.78, 5) is 16.7. The normalized spacial score (nSPS) is 16.2. The summed E-state index contributed by atoms with van der Waals surface area (Å²) in [5.41, 5.74) is 1.20. The fourth-order valence-electron chi connectivity index (χ4n) is 3.02. The highest BCUT2D eigenvalue weighted by Gasteiger charge is 2.25. The molecule has 6 nitrogen and oxygen atoms in total. The molecule has 0 unspecified atom stereocenters. The number of thiazole rings is 1. The molecule has 1 aromatic carbocycles. The van der Waals surface area contributed by atoms with Gasteiger partial charge in [-0.05, 0) is 38.0 Å². The number of nitrogens with zero attached hydrogens (tertiary/aromatic N) is 2. The first-order valence-corrected chi connectivity index (χ1v) is 11.1. The zero-order valence-corrected chi connectivity index (χ0v) is 16.4. The minimum atomic E-state index is -3.53. The second-order valence-corrected chi connectivity index (χ2v) is 9.43. The van der Waals surface area contributed by atoms with Crippen LogP contribution in [0.5, 0.6) is 0 Å². The molecule has 0 bridgehead atoms. The lowest BCUT2D eigenvalue weighted by molar-refractivity contribution is -0.115. The van der Waals surface area contributed by atoms with Crippen molar-refractivity contribution in [3.8, 4) is 0 Å². The summed E-state index contributed by atoms with van der Waals surface area (Å²) in [5.74, 6) is -0.209. The Morgan fingerprint density at radius 1 is 1.23 bits per heavy atom. The van der Waals surface area contributed by atoms with Crippen molar-refractivity contribution < 1.29 is 13.2 Å². The van der Waals surface area contributed by atoms with E-state index in [1.807, 2.05) is 12.3 Å². The smallest absolute Gasteiger partial charge is 0.243 e. The number of carbonyl (C=O) groups excluding carboxylic acids is 1. The van der Waals surface area contributed by atoms with Gasteiger partial charge in [0.05, 0.1) is 22.0 Å². The van der Waals surface area contributed by atoms with Crippen LogP contribution in [0.1, 0.15) is 36.4 Å². The molecule has 0 atom stereocenters. The minimum absolute atomic E-state index is 0.174. The maximum absolute atomic E-state index is 12.9. The number of sulfonamides is 1. The first kappa shape index (κ1) is 19.0. The van der Waals surface area contributed by atoms with Crippen molar-refractivity contribution in [3.05, 3.63) is 40.3 Å². The third-order valence-corrected chi connectivity index (χ3v) is 7.05. The summed E-state index contributed by atoms with van der Waals surface area (Å²) in [7, 11) is -3.53. The van der Waals surface area contributed by atoms with E-state index in [9.17, 15) is 13.2 Å². The van der Waals surface area contributed by atoms with Gasteiger partial charge in [-0.1, -0.05) is 18.9 Å². The first-order valence-electron chi connectivity index (χ1n) is 8.76. The Hall–Kier alpha value is -1.77. The maximum atomic E-state index is 12.9. The predicted molar refractivity (Wildman–Crippen MR) is 103 cm³/mol. The summed E-state index contributed by atoms with van der Waals surface area (Å²) < 4.78 is 27.3. The van der Waals surface area contributed by atoms with E-state index in [1.54, 1.807) is 22.5 Å². The molecule has 0 saturated carbocycles. The minimum Gasteiger partial charge on any atom is -0.326 e. The number of hydrogen-bond donors (Lipinski definition) is 1. The predicted octanol–water partition coefficient (Wildman–Crippen LogP) is 3.20. The third-order valence-electron chi connectivity index (χ3n) is 4.33. The fraction of sp³-hybridized carbons (Fsp3) is 0.444. The molecule has 2 heterocycles. The van der Waals surface area contributed by atoms with Crippen LogP contribution in [-0.2, 0) is 21.2 Å². The van der Waals surface area contributed by atoms with Crippen molar-refractivity contribution in [1.82, 2.24) is 9.29 Å². The molecule has 26 heavy (non-hydrogen) atoms. The average molecular weight is 394 g/mol. The second kappa shape index (κ2) is 8.28. The molecular formula is C18H23N3O3S2. The molecule has 1 aliphatic rings. The molecule has 140 valence electrons. The molecule has 2 aromatic rings. The van der Waals surface area contributed by atoms with Gasteiger partial charge in [-0.2, -0.15) is 4.31 Å². The quantitative estimate of drug-likeness (QED) is 0.846. The van der Waals surface area contributed by atoms with Gasteiger partial charge in [0.1, 0.15) is 0 Å². The first-order chi connectivity index (χ1) is 12.4. The lowest BCUT2D eigenvalue weighted by Gasteiger charge is -2.20. The van der Waals surface area contributed by atoms with E-state index in [1.165, 1.54) is 17.4 Å². The monoisotopic (exact) mass is 393 g/mol. The molecule has 1 amide bonds. The van der Waals surface area contributed by atoms with Gasteiger partial charge in [-0.15, -0.1) is 11.3 Å². The second-order valence-electron chi connectivity index (χ2n) is 6.43. The van der Waals surface area contributed by atoms with E-state index in [0.717, 1.165) is 36.4 Å². The van der Waals surface area contributed by atoms with Crippen molar-refractivity contribution in [1.29, 1.82) is 0 Å². The standard InChI is InChI=1S/C18H23N3O3S2/c1-14-19-16(13-25-14)12-18(22)20-15-7-6-8-17(11-15)26(23,24)21-9-4-2-3-5-10-21/h6-8,11,13H,2-5,9-10,12H2,1H3,(H,20,22). The zero-order valence-electron chi connectivity index (χ0n) is 14.8. The Balaban J connectivity index is 1.71. The Kier molecular flexibility index (Phi) is 6.05. The van der Waals surface area contributed by atoms with Crippen molar-refractivity contribution in [2.75, 3.05) is 18.4 Å². The van der Waals surface area contributed by atoms with Crippen LogP contribution in [0.15, 0.2) is 34.5 Å². The van der Waals surface area contributed by atoms with E-state index >= 15 is 0 Å². The molecule has 0 radical (unpaired) electrons. The van der Waals surface area contributed by atoms with Gasteiger partial charge in [-0.25, -0.2) is 13.4 Å². The van der Waals surface area contributed by atoms with Crippen LogP contribution in [0.2, 0.25) is 0 Å². The van der Waals surface area contributed by atoms with E-state index in [2.05, 4.69) is 10.3 Å². The van der Waals surface area contributed by atoms with Crippen LogP contribution in [-0.4, -0.2) is 36.7 Å². The summed E-state index contributed by atoms with van der Waals surface area (Å²) in [6.07, 6.45) is 4.09. The van der Waals surface area contributed by atoms with Crippen LogP contribution in [0.4, 0.5) is 5.69 Å². The number of nitrogens with one attached hydrogen (secondary N) is 1. The zero-order chi connectivity index (χ0) is 18.6. The van der Waals surface area contributed by atoms with E-state index in [0.29, 0.717) is 18.8 Å². The highest BCUT2D eigenvalue weighted by molar-refractivity contribution is 7.89. The van der Waals surface area contributed by atoms with Gasteiger partial charge >= 0.3 is 0 Å². The molecule has 0 spiro atoms. The Morgan fingerprint density at radius 2 is 1.96 bits per heavy atom. The molecule has 0 aliphatic carbocycles. The highest BCUT2D eigenvalue weighted by atomic mass is 32.2. The largest absolute Gasteiger partial charge is 0.326 e. The number of anilines is 1. The Labute approximate surface area is 158 Å². The topological polar surface area (TPSA) is 79.4 Å². The van der Waals surface area contributed by atoms with Crippen LogP contribution in [0, 0.1) is 6.92 Å². The van der Waals surface area contributed by atoms with Gasteiger partial charge in [-0.3, -0.25) is 4.79 Å². The Bertz CT molecular complexity index is 869. The van der Waals surface area contributed by atoms with Gasteiger partial charge in [0.25, 0.3) is 0 Å². The lowest BCUT2D eigenvalue weighted by atomic mass is 10.2. The summed E-state index contributed by atoms with van der Waals surface area (Å²) in [5, 5.41) is 5.54.